The van der Waals surface area contributed by atoms with Crippen LogP contribution in [0.5, 0.6) is 0 Å². The van der Waals surface area contributed by atoms with Crippen LogP contribution in [0.3, 0.4) is 0 Å². The van der Waals surface area contributed by atoms with E-state index < -0.39 is 18.3 Å². The Labute approximate surface area is 78.8 Å². The van der Waals surface area contributed by atoms with E-state index in [-0.39, 0.29) is 5.78 Å². The zero-order valence-corrected chi connectivity index (χ0v) is 8.72. The van der Waals surface area contributed by atoms with E-state index >= 15 is 0 Å². The van der Waals surface area contributed by atoms with Crippen LogP contribution in [0.2, 0.25) is 0 Å². The molecule has 0 heterocycles. The van der Waals surface area contributed by atoms with E-state index in [2.05, 4.69) is 0 Å². The lowest BCUT2D eigenvalue weighted by atomic mass is 9.85. The maximum absolute atomic E-state index is 9.61. The maximum atomic E-state index is 9.61. The lowest BCUT2D eigenvalue weighted by molar-refractivity contribution is -0.0993. The number of hydrogen-bond acceptors (Lipinski definition) is 3. The maximum Gasteiger partial charge on any atom is 0.470 e. The Bertz CT molecular complexity index is 144. The van der Waals surface area contributed by atoms with Gasteiger partial charge in [-0.05, 0) is 27.7 Å². The third-order valence-corrected chi connectivity index (χ3v) is 2.30. The zero-order chi connectivity index (χ0) is 9.99. The van der Waals surface area contributed by atoms with E-state index in [9.17, 15) is 5.11 Å². The monoisotopic (exact) mass is 194 g/mol. The fourth-order valence-electron chi connectivity index (χ4n) is 0.516. The summed E-state index contributed by atoms with van der Waals surface area (Å²) in [6, 6.07) is 0. The third kappa shape index (κ3) is 3.31. The number of halogens is 1. The zero-order valence-electron chi connectivity index (χ0n) is 7.97. The van der Waals surface area contributed by atoms with Crippen LogP contribution in [0.1, 0.15) is 27.7 Å². The molecule has 0 aromatic rings. The summed E-state index contributed by atoms with van der Waals surface area (Å²) in [6.45, 7) is 6.63. The van der Waals surface area contributed by atoms with Crippen molar-refractivity contribution in [1.82, 2.24) is 0 Å². The van der Waals surface area contributed by atoms with Gasteiger partial charge in [0.25, 0.3) is 0 Å². The van der Waals surface area contributed by atoms with E-state index in [4.69, 9.17) is 21.3 Å². The first kappa shape index (κ1) is 12.2. The highest BCUT2D eigenvalue weighted by Crippen LogP contribution is 2.25. The Kier molecular flexibility index (Phi) is 4.04. The minimum atomic E-state index is -1.03. The normalized spacial score (nSPS) is 13.2. The molecule has 0 aromatic carbocycles. The first-order chi connectivity index (χ1) is 5.20. The predicted octanol–water partition coefficient (Wildman–Crippen LogP) is 0.811. The van der Waals surface area contributed by atoms with Gasteiger partial charge in [-0.15, -0.1) is 11.6 Å². The van der Waals surface area contributed by atoms with Gasteiger partial charge in [-0.3, -0.25) is 0 Å². The highest BCUT2D eigenvalue weighted by atomic mass is 35.5. The van der Waals surface area contributed by atoms with Crippen LogP contribution in [-0.2, 0) is 4.65 Å². The number of rotatable bonds is 4. The van der Waals surface area contributed by atoms with Crippen molar-refractivity contribution in [1.29, 1.82) is 0 Å². The molecule has 72 valence electrons. The summed E-state index contributed by atoms with van der Waals surface area (Å²) in [5.74, 6) is -0.000486. The Morgan fingerprint density at radius 3 is 2.00 bits per heavy atom. The summed E-state index contributed by atoms with van der Waals surface area (Å²) in [7, 11) is -1.03. The van der Waals surface area contributed by atoms with Gasteiger partial charge in [-0.2, -0.15) is 0 Å². The molecule has 2 N–H and O–H groups in total. The van der Waals surface area contributed by atoms with E-state index in [1.807, 2.05) is 0 Å². The Hall–Kier alpha value is 0.235. The SMILES string of the molecule is CC(C)(O)C(C)(C)OB(O)CCl. The lowest BCUT2D eigenvalue weighted by Crippen LogP contribution is -2.50. The lowest BCUT2D eigenvalue weighted by Gasteiger charge is -2.38. The molecule has 0 aliphatic rings. The second-order valence-corrected chi connectivity index (χ2v) is 4.10. The van der Waals surface area contributed by atoms with Crippen molar-refractivity contribution in [2.75, 3.05) is 5.78 Å². The van der Waals surface area contributed by atoms with Crippen molar-refractivity contribution in [3.8, 4) is 0 Å². The van der Waals surface area contributed by atoms with Crippen molar-refractivity contribution in [3.63, 3.8) is 0 Å². The molecule has 5 heteroatoms. The van der Waals surface area contributed by atoms with E-state index in [0.29, 0.717) is 0 Å². The highest BCUT2D eigenvalue weighted by Gasteiger charge is 2.38. The fourth-order valence-corrected chi connectivity index (χ4v) is 0.579. The molecule has 0 bridgehead atoms. The number of alkyl halides is 1. The van der Waals surface area contributed by atoms with Gasteiger partial charge in [-0.1, -0.05) is 0 Å². The van der Waals surface area contributed by atoms with Crippen LogP contribution >= 0.6 is 11.6 Å². The molecule has 0 aromatic heterocycles. The quantitative estimate of drug-likeness (QED) is 0.514. The molecule has 0 aliphatic heterocycles. The summed E-state index contributed by atoms with van der Waals surface area (Å²) in [4.78, 5) is 0. The molecule has 0 atom stereocenters. The van der Waals surface area contributed by atoms with Gasteiger partial charge in [-0.25, -0.2) is 0 Å². The van der Waals surface area contributed by atoms with Gasteiger partial charge in [0, 0.05) is 0 Å². The molecule has 0 aliphatic carbocycles. The third-order valence-electron chi connectivity index (χ3n) is 2.04. The van der Waals surface area contributed by atoms with Gasteiger partial charge < -0.3 is 14.8 Å². The summed E-state index contributed by atoms with van der Waals surface area (Å²) >= 11 is 5.35. The average molecular weight is 194 g/mol. The largest absolute Gasteiger partial charge is 0.470 e. The van der Waals surface area contributed by atoms with Crippen LogP contribution in [-0.4, -0.2) is 34.2 Å². The van der Waals surface area contributed by atoms with Gasteiger partial charge >= 0.3 is 7.12 Å². The molecule has 0 amide bonds. The first-order valence-electron chi connectivity index (χ1n) is 3.85. The van der Waals surface area contributed by atoms with Crippen LogP contribution in [0.15, 0.2) is 0 Å². The molecule has 0 spiro atoms. The number of hydrogen-bond donors (Lipinski definition) is 2. The van der Waals surface area contributed by atoms with Gasteiger partial charge in [0.05, 0.1) is 17.0 Å². The molecule has 0 fully saturated rings. The predicted molar refractivity (Wildman–Crippen MR) is 50.2 cm³/mol. The molecule has 0 unspecified atom stereocenters. The molecular formula is C7H16BClO3. The molecular weight excluding hydrogens is 178 g/mol. The Morgan fingerprint density at radius 2 is 1.75 bits per heavy atom. The topological polar surface area (TPSA) is 49.7 Å². The highest BCUT2D eigenvalue weighted by molar-refractivity contribution is 6.55. The molecule has 0 saturated heterocycles. The summed E-state index contributed by atoms with van der Waals surface area (Å²) in [6.07, 6.45) is 0. The van der Waals surface area contributed by atoms with Gasteiger partial charge in [0.1, 0.15) is 0 Å². The molecule has 0 rings (SSSR count). The van der Waals surface area contributed by atoms with E-state index in [1.165, 1.54) is 0 Å². The van der Waals surface area contributed by atoms with Crippen LogP contribution in [0, 0.1) is 0 Å². The summed E-state index contributed by atoms with van der Waals surface area (Å²) in [5.41, 5.74) is -1.83. The second-order valence-electron chi connectivity index (χ2n) is 3.80. The van der Waals surface area contributed by atoms with Gasteiger partial charge in [0.2, 0.25) is 0 Å². The standard InChI is InChI=1S/C7H16BClO3/c1-6(2,10)7(3,4)12-8(11)5-9/h10-11H,5H2,1-4H3. The second kappa shape index (κ2) is 3.96. The minimum Gasteiger partial charge on any atom is -0.426 e. The van der Waals surface area contributed by atoms with Crippen molar-refractivity contribution >= 4 is 18.7 Å². The average Bonchev–Trinajstić information content (AvgIpc) is 1.84. The summed E-state index contributed by atoms with van der Waals surface area (Å²) in [5, 5.41) is 18.7. The van der Waals surface area contributed by atoms with Crippen LogP contribution in [0.25, 0.3) is 0 Å². The van der Waals surface area contributed by atoms with Crippen molar-refractivity contribution in [2.24, 2.45) is 0 Å². The van der Waals surface area contributed by atoms with Gasteiger partial charge in [0.15, 0.2) is 0 Å². The van der Waals surface area contributed by atoms with Crippen molar-refractivity contribution < 1.29 is 14.8 Å². The Balaban J connectivity index is 4.22. The molecule has 0 radical (unpaired) electrons. The van der Waals surface area contributed by atoms with Crippen LogP contribution in [0.4, 0.5) is 0 Å². The molecule has 0 saturated carbocycles. The molecule has 3 nitrogen and oxygen atoms in total. The van der Waals surface area contributed by atoms with E-state index in [0.717, 1.165) is 0 Å². The first-order valence-corrected chi connectivity index (χ1v) is 4.38. The van der Waals surface area contributed by atoms with E-state index in [1.54, 1.807) is 27.7 Å². The fraction of sp³-hybridized carbons (Fsp3) is 1.00. The van der Waals surface area contributed by atoms with Crippen molar-refractivity contribution in [3.05, 3.63) is 0 Å². The summed E-state index contributed by atoms with van der Waals surface area (Å²) < 4.78 is 5.12. The van der Waals surface area contributed by atoms with Crippen LogP contribution < -0.4 is 0 Å². The Morgan fingerprint density at radius 1 is 1.33 bits per heavy atom. The smallest absolute Gasteiger partial charge is 0.426 e. The number of aliphatic hydroxyl groups is 1. The molecule has 12 heavy (non-hydrogen) atoms. The van der Waals surface area contributed by atoms with Crippen molar-refractivity contribution in [2.45, 2.75) is 38.9 Å². The minimum absolute atomic E-state index is 0.000486.